The zero-order valence-electron chi connectivity index (χ0n) is 12.9. The highest BCUT2D eigenvalue weighted by Gasteiger charge is 2.20. The van der Waals surface area contributed by atoms with Gasteiger partial charge in [0.05, 0.1) is 5.56 Å². The van der Waals surface area contributed by atoms with Crippen LogP contribution in [0.25, 0.3) is 0 Å². The number of rotatable bonds is 7. The van der Waals surface area contributed by atoms with Crippen LogP contribution in [-0.4, -0.2) is 24.0 Å². The zero-order chi connectivity index (χ0) is 15.3. The summed E-state index contributed by atoms with van der Waals surface area (Å²) in [5.74, 6) is 0.132. The van der Waals surface area contributed by atoms with Gasteiger partial charge < -0.3 is 16.8 Å². The van der Waals surface area contributed by atoms with Crippen molar-refractivity contribution in [2.24, 2.45) is 16.9 Å². The first-order chi connectivity index (χ1) is 9.26. The molecule has 0 aliphatic heterocycles. The molecule has 0 unspecified atom stereocenters. The van der Waals surface area contributed by atoms with Crippen molar-refractivity contribution in [1.82, 2.24) is 4.98 Å². The van der Waals surface area contributed by atoms with Gasteiger partial charge >= 0.3 is 0 Å². The number of nitrogens with one attached hydrogen (secondary N) is 1. The number of nitrogens with two attached hydrogens (primary N) is 2. The smallest absolute Gasteiger partial charge is 0.252 e. The summed E-state index contributed by atoms with van der Waals surface area (Å²) in [5, 5.41) is 3.27. The fraction of sp³-hybridized carbons (Fsp3) is 0.600. The van der Waals surface area contributed by atoms with Gasteiger partial charge in [-0.15, -0.1) is 0 Å². The van der Waals surface area contributed by atoms with Gasteiger partial charge in [0.1, 0.15) is 5.82 Å². The maximum absolute atomic E-state index is 11.6. The minimum atomic E-state index is -0.447. The first-order valence-electron chi connectivity index (χ1n) is 6.99. The van der Waals surface area contributed by atoms with Crippen LogP contribution in [-0.2, 0) is 0 Å². The molecule has 1 aromatic heterocycles. The molecular weight excluding hydrogens is 252 g/mol. The molecule has 0 saturated carbocycles. The van der Waals surface area contributed by atoms with Gasteiger partial charge in [-0.25, -0.2) is 4.98 Å². The number of hydrogen-bond acceptors (Lipinski definition) is 4. The van der Waals surface area contributed by atoms with E-state index in [0.29, 0.717) is 17.9 Å². The molecule has 112 valence electrons. The van der Waals surface area contributed by atoms with Crippen molar-refractivity contribution in [2.75, 3.05) is 18.4 Å². The highest BCUT2D eigenvalue weighted by molar-refractivity contribution is 5.99. The first kappa shape index (κ1) is 16.4. The summed E-state index contributed by atoms with van der Waals surface area (Å²) in [7, 11) is 0. The van der Waals surface area contributed by atoms with Gasteiger partial charge in [-0.3, -0.25) is 4.79 Å². The molecule has 0 radical (unpaired) electrons. The summed E-state index contributed by atoms with van der Waals surface area (Å²) >= 11 is 0. The van der Waals surface area contributed by atoms with E-state index in [1.165, 1.54) is 0 Å². The summed E-state index contributed by atoms with van der Waals surface area (Å²) in [5.41, 5.74) is 13.3. The summed E-state index contributed by atoms with van der Waals surface area (Å²) in [4.78, 5) is 16.0. The number of amides is 1. The molecule has 1 amide bonds. The van der Waals surface area contributed by atoms with Crippen LogP contribution in [0.1, 0.15) is 48.3 Å². The van der Waals surface area contributed by atoms with Gasteiger partial charge in [-0.1, -0.05) is 13.8 Å². The SMILES string of the molecule is Cc1cc(C)c(C(N)=O)c(NCC(C)(C)CCCN)n1. The van der Waals surface area contributed by atoms with Gasteiger partial charge in [-0.05, 0) is 50.3 Å². The lowest BCUT2D eigenvalue weighted by Crippen LogP contribution is -2.26. The predicted octanol–water partition coefficient (Wildman–Crippen LogP) is 1.97. The third-order valence-electron chi connectivity index (χ3n) is 3.38. The van der Waals surface area contributed by atoms with E-state index in [4.69, 9.17) is 11.5 Å². The average molecular weight is 278 g/mol. The highest BCUT2D eigenvalue weighted by atomic mass is 16.1. The summed E-state index contributed by atoms with van der Waals surface area (Å²) < 4.78 is 0. The third-order valence-corrected chi connectivity index (χ3v) is 3.38. The molecule has 0 spiro atoms. The van der Waals surface area contributed by atoms with Crippen LogP contribution in [0.3, 0.4) is 0 Å². The summed E-state index contributed by atoms with van der Waals surface area (Å²) in [6.07, 6.45) is 2.00. The van der Waals surface area contributed by atoms with Crippen molar-refractivity contribution in [3.8, 4) is 0 Å². The molecule has 5 N–H and O–H groups in total. The summed E-state index contributed by atoms with van der Waals surface area (Å²) in [6.45, 7) is 9.54. The van der Waals surface area contributed by atoms with Gasteiger partial charge in [0.25, 0.3) is 5.91 Å². The zero-order valence-corrected chi connectivity index (χ0v) is 12.9. The number of pyridine rings is 1. The van der Waals surface area contributed by atoms with E-state index in [1.807, 2.05) is 19.9 Å². The largest absolute Gasteiger partial charge is 0.369 e. The molecule has 0 aliphatic rings. The van der Waals surface area contributed by atoms with Crippen molar-refractivity contribution in [2.45, 2.75) is 40.5 Å². The molecule has 0 aromatic carbocycles. The van der Waals surface area contributed by atoms with Crippen LogP contribution in [0, 0.1) is 19.3 Å². The number of aryl methyl sites for hydroxylation is 2. The van der Waals surface area contributed by atoms with E-state index in [-0.39, 0.29) is 5.41 Å². The standard InChI is InChI=1S/C15H26N4O/c1-10-8-11(2)19-14(12(10)13(17)20)18-9-15(3,4)6-5-7-16/h8H,5-7,9,16H2,1-4H3,(H2,17,20)(H,18,19). The van der Waals surface area contributed by atoms with Crippen molar-refractivity contribution >= 4 is 11.7 Å². The fourth-order valence-corrected chi connectivity index (χ4v) is 2.27. The van der Waals surface area contributed by atoms with Crippen LogP contribution >= 0.6 is 0 Å². The minimum absolute atomic E-state index is 0.0909. The Bertz CT molecular complexity index is 483. The van der Waals surface area contributed by atoms with E-state index in [0.717, 1.165) is 30.6 Å². The summed E-state index contributed by atoms with van der Waals surface area (Å²) in [6, 6.07) is 1.87. The van der Waals surface area contributed by atoms with Crippen molar-refractivity contribution in [3.63, 3.8) is 0 Å². The molecule has 0 fully saturated rings. The number of carbonyl (C=O) groups is 1. The first-order valence-corrected chi connectivity index (χ1v) is 6.99. The third kappa shape index (κ3) is 4.49. The Hall–Kier alpha value is -1.62. The molecule has 5 heteroatoms. The van der Waals surface area contributed by atoms with E-state index >= 15 is 0 Å². The Labute approximate surface area is 121 Å². The molecule has 1 rings (SSSR count). The van der Waals surface area contributed by atoms with Gasteiger partial charge in [-0.2, -0.15) is 0 Å². The molecule has 1 heterocycles. The lowest BCUT2D eigenvalue weighted by Gasteiger charge is -2.25. The molecule has 0 atom stereocenters. The van der Waals surface area contributed by atoms with Gasteiger partial charge in [0.2, 0.25) is 0 Å². The number of aromatic nitrogens is 1. The van der Waals surface area contributed by atoms with Crippen molar-refractivity contribution in [3.05, 3.63) is 22.9 Å². The molecular formula is C15H26N4O. The van der Waals surface area contributed by atoms with Crippen LogP contribution in [0.2, 0.25) is 0 Å². The molecule has 1 aromatic rings. The molecule has 0 aliphatic carbocycles. The van der Waals surface area contributed by atoms with Crippen LogP contribution in [0.4, 0.5) is 5.82 Å². The number of nitrogens with zero attached hydrogens (tertiary/aromatic N) is 1. The number of anilines is 1. The molecule has 20 heavy (non-hydrogen) atoms. The monoisotopic (exact) mass is 278 g/mol. The van der Waals surface area contributed by atoms with Crippen molar-refractivity contribution in [1.29, 1.82) is 0 Å². The second-order valence-corrected chi connectivity index (χ2v) is 6.08. The Morgan fingerprint density at radius 1 is 1.40 bits per heavy atom. The quantitative estimate of drug-likeness (QED) is 0.710. The maximum atomic E-state index is 11.6. The number of hydrogen-bond donors (Lipinski definition) is 3. The predicted molar refractivity (Wildman–Crippen MR) is 82.8 cm³/mol. The minimum Gasteiger partial charge on any atom is -0.369 e. The van der Waals surface area contributed by atoms with Gasteiger partial charge in [0, 0.05) is 12.2 Å². The Kier molecular flexibility index (Phi) is 5.51. The van der Waals surface area contributed by atoms with Crippen LogP contribution < -0.4 is 16.8 Å². The topological polar surface area (TPSA) is 94.0 Å². The van der Waals surface area contributed by atoms with E-state index in [1.54, 1.807) is 0 Å². The molecule has 0 saturated heterocycles. The normalized spacial score (nSPS) is 11.4. The van der Waals surface area contributed by atoms with Gasteiger partial charge in [0.15, 0.2) is 0 Å². The van der Waals surface area contributed by atoms with E-state index < -0.39 is 5.91 Å². The maximum Gasteiger partial charge on any atom is 0.252 e. The Morgan fingerprint density at radius 3 is 2.60 bits per heavy atom. The average Bonchev–Trinajstić information content (AvgIpc) is 2.32. The van der Waals surface area contributed by atoms with E-state index in [9.17, 15) is 4.79 Å². The Balaban J connectivity index is 2.89. The van der Waals surface area contributed by atoms with Crippen LogP contribution in [0.5, 0.6) is 0 Å². The lowest BCUT2D eigenvalue weighted by atomic mass is 9.87. The molecule has 0 bridgehead atoms. The molecule has 5 nitrogen and oxygen atoms in total. The number of carbonyl (C=O) groups excluding carboxylic acids is 1. The lowest BCUT2D eigenvalue weighted by molar-refractivity contribution is 0.1000. The highest BCUT2D eigenvalue weighted by Crippen LogP contribution is 2.24. The van der Waals surface area contributed by atoms with E-state index in [2.05, 4.69) is 24.1 Å². The Morgan fingerprint density at radius 2 is 2.05 bits per heavy atom. The van der Waals surface area contributed by atoms with Crippen molar-refractivity contribution < 1.29 is 4.79 Å². The van der Waals surface area contributed by atoms with Crippen LogP contribution in [0.15, 0.2) is 6.07 Å². The second-order valence-electron chi connectivity index (χ2n) is 6.08. The number of primary amides is 1. The fourth-order valence-electron chi connectivity index (χ4n) is 2.27. The second kappa shape index (κ2) is 6.70.